The second-order valence-electron chi connectivity index (χ2n) is 2.54. The fraction of sp³-hybridized carbons (Fsp3) is 0.571. The van der Waals surface area contributed by atoms with Crippen molar-refractivity contribution in [3.63, 3.8) is 0 Å². The fourth-order valence-corrected chi connectivity index (χ4v) is 0.519. The number of halogens is 7. The highest BCUT2D eigenvalue weighted by Gasteiger charge is 2.59. The molecule has 0 saturated carbocycles. The van der Waals surface area contributed by atoms with Crippen molar-refractivity contribution < 1.29 is 40.3 Å². The van der Waals surface area contributed by atoms with Gasteiger partial charge in [-0.3, -0.25) is 0 Å². The molecular formula is C7H5F7O2. The third-order valence-corrected chi connectivity index (χ3v) is 1.44. The lowest BCUT2D eigenvalue weighted by Crippen LogP contribution is -2.43. The van der Waals surface area contributed by atoms with Crippen LogP contribution in [0.1, 0.15) is 13.3 Å². The van der Waals surface area contributed by atoms with Crippen LogP contribution in [-0.4, -0.2) is 18.0 Å². The summed E-state index contributed by atoms with van der Waals surface area (Å²) in [5.74, 6) is -10.6. The second-order valence-corrected chi connectivity index (χ2v) is 2.54. The zero-order valence-corrected chi connectivity index (χ0v) is 7.67. The largest absolute Gasteiger partial charge is 0.466 e. The summed E-state index contributed by atoms with van der Waals surface area (Å²) in [7, 11) is 0. The number of hydrogen-bond donors (Lipinski definition) is 0. The molecule has 0 amide bonds. The number of esters is 1. The number of rotatable bonds is 4. The number of carbonyl (C=O) groups is 1. The van der Waals surface area contributed by atoms with Gasteiger partial charge in [-0.05, 0) is 0 Å². The fourth-order valence-electron chi connectivity index (χ4n) is 0.519. The van der Waals surface area contributed by atoms with E-state index in [1.807, 2.05) is 0 Å². The molecule has 9 heteroatoms. The van der Waals surface area contributed by atoms with Gasteiger partial charge >= 0.3 is 24.1 Å². The first-order valence-electron chi connectivity index (χ1n) is 3.75. The van der Waals surface area contributed by atoms with Gasteiger partial charge in [0.2, 0.25) is 0 Å². The lowest BCUT2D eigenvalue weighted by molar-refractivity contribution is -0.330. The standard InChI is InChI=1S/C7H5F7O2/c1-2-6(11,12)7(13,14)16-5(15)3(8)4(9)10/h2H2,1H3. The molecule has 0 aromatic rings. The van der Waals surface area contributed by atoms with Gasteiger partial charge in [-0.2, -0.15) is 30.7 Å². The Labute approximate surface area is 84.7 Å². The van der Waals surface area contributed by atoms with Gasteiger partial charge in [0.15, 0.2) is 0 Å². The Bertz CT molecular complexity index is 306. The van der Waals surface area contributed by atoms with Crippen molar-refractivity contribution >= 4 is 5.97 Å². The van der Waals surface area contributed by atoms with Crippen molar-refractivity contribution in [2.24, 2.45) is 0 Å². The summed E-state index contributed by atoms with van der Waals surface area (Å²) in [4.78, 5) is 10.2. The molecule has 0 aliphatic rings. The van der Waals surface area contributed by atoms with E-state index in [-0.39, 0.29) is 0 Å². The van der Waals surface area contributed by atoms with Crippen LogP contribution in [0.2, 0.25) is 0 Å². The molecule has 0 aliphatic carbocycles. The van der Waals surface area contributed by atoms with E-state index >= 15 is 0 Å². The molecule has 0 unspecified atom stereocenters. The topological polar surface area (TPSA) is 26.3 Å². The van der Waals surface area contributed by atoms with Crippen molar-refractivity contribution in [1.29, 1.82) is 0 Å². The Kier molecular flexibility index (Phi) is 4.33. The molecule has 0 aliphatic heterocycles. The summed E-state index contributed by atoms with van der Waals surface area (Å²) in [5.41, 5.74) is 0. The van der Waals surface area contributed by atoms with Crippen LogP contribution in [0.25, 0.3) is 0 Å². The zero-order valence-electron chi connectivity index (χ0n) is 7.67. The minimum atomic E-state index is -5.36. The summed E-state index contributed by atoms with van der Waals surface area (Å²) in [6.45, 7) is 0.643. The minimum absolute atomic E-state index is 0.643. The molecule has 0 heterocycles. The van der Waals surface area contributed by atoms with Crippen LogP contribution in [0.15, 0.2) is 11.9 Å². The minimum Gasteiger partial charge on any atom is -0.391 e. The first kappa shape index (κ1) is 14.7. The normalized spacial score (nSPS) is 12.2. The van der Waals surface area contributed by atoms with Crippen LogP contribution in [0.4, 0.5) is 30.7 Å². The Hall–Kier alpha value is -1.28. The Morgan fingerprint density at radius 2 is 1.56 bits per heavy atom. The average molecular weight is 254 g/mol. The molecule has 16 heavy (non-hydrogen) atoms. The van der Waals surface area contributed by atoms with Crippen LogP contribution in [0, 0.1) is 0 Å². The van der Waals surface area contributed by atoms with Crippen LogP contribution >= 0.6 is 0 Å². The van der Waals surface area contributed by atoms with Gasteiger partial charge in [-0.25, -0.2) is 4.79 Å². The molecule has 0 N–H and O–H groups in total. The zero-order chi connectivity index (χ0) is 13.1. The highest BCUT2D eigenvalue weighted by atomic mass is 19.3. The van der Waals surface area contributed by atoms with Crippen molar-refractivity contribution in [2.75, 3.05) is 0 Å². The maximum absolute atomic E-state index is 12.4. The molecule has 0 aromatic carbocycles. The maximum atomic E-state index is 12.4. The van der Waals surface area contributed by atoms with Crippen LogP contribution in [0.5, 0.6) is 0 Å². The molecule has 0 fully saturated rings. The van der Waals surface area contributed by atoms with Crippen LogP contribution in [0.3, 0.4) is 0 Å². The summed E-state index contributed by atoms with van der Waals surface area (Å²) in [6, 6.07) is 0. The van der Waals surface area contributed by atoms with E-state index in [9.17, 15) is 35.5 Å². The quantitative estimate of drug-likeness (QED) is 0.437. The van der Waals surface area contributed by atoms with Crippen LogP contribution in [-0.2, 0) is 9.53 Å². The third-order valence-electron chi connectivity index (χ3n) is 1.44. The van der Waals surface area contributed by atoms with Crippen molar-refractivity contribution in [3.05, 3.63) is 11.9 Å². The first-order chi connectivity index (χ1) is 7.05. The van der Waals surface area contributed by atoms with Crippen molar-refractivity contribution in [2.45, 2.75) is 25.4 Å². The van der Waals surface area contributed by atoms with Gasteiger partial charge in [0.1, 0.15) is 0 Å². The molecule has 0 radical (unpaired) electrons. The summed E-state index contributed by atoms with van der Waals surface area (Å²) >= 11 is 0. The summed E-state index contributed by atoms with van der Waals surface area (Å²) in [6.07, 6.45) is -10.0. The van der Waals surface area contributed by atoms with Gasteiger partial charge in [0.25, 0.3) is 5.83 Å². The van der Waals surface area contributed by atoms with Gasteiger partial charge in [-0.1, -0.05) is 6.92 Å². The van der Waals surface area contributed by atoms with Crippen molar-refractivity contribution in [1.82, 2.24) is 0 Å². The SMILES string of the molecule is CCC(F)(F)C(F)(F)OC(=O)C(F)=C(F)F. The van der Waals surface area contributed by atoms with Gasteiger partial charge < -0.3 is 4.74 Å². The monoisotopic (exact) mass is 254 g/mol. The molecule has 2 nitrogen and oxygen atoms in total. The Morgan fingerprint density at radius 3 is 1.88 bits per heavy atom. The Morgan fingerprint density at radius 1 is 1.12 bits per heavy atom. The van der Waals surface area contributed by atoms with Gasteiger partial charge in [0.05, 0.1) is 0 Å². The maximum Gasteiger partial charge on any atom is 0.466 e. The van der Waals surface area contributed by atoms with Crippen LogP contribution < -0.4 is 0 Å². The van der Waals surface area contributed by atoms with E-state index in [0.717, 1.165) is 0 Å². The number of alkyl halides is 4. The lowest BCUT2D eigenvalue weighted by Gasteiger charge is -2.23. The molecule has 0 bridgehead atoms. The summed E-state index contributed by atoms with van der Waals surface area (Å²) in [5, 5.41) is 0. The highest BCUT2D eigenvalue weighted by Crippen LogP contribution is 2.38. The molecule has 0 atom stereocenters. The van der Waals surface area contributed by atoms with Gasteiger partial charge in [0, 0.05) is 6.42 Å². The number of hydrogen-bond acceptors (Lipinski definition) is 2. The molecule has 94 valence electrons. The average Bonchev–Trinajstić information content (AvgIpc) is 2.15. The van der Waals surface area contributed by atoms with E-state index < -0.39 is 36.3 Å². The Balaban J connectivity index is 4.87. The van der Waals surface area contributed by atoms with E-state index in [1.54, 1.807) is 0 Å². The van der Waals surface area contributed by atoms with E-state index in [0.29, 0.717) is 6.92 Å². The lowest BCUT2D eigenvalue weighted by atomic mass is 10.2. The second kappa shape index (κ2) is 4.71. The van der Waals surface area contributed by atoms with Gasteiger partial charge in [-0.15, -0.1) is 0 Å². The van der Waals surface area contributed by atoms with E-state index in [4.69, 9.17) is 0 Å². The highest BCUT2D eigenvalue weighted by molar-refractivity contribution is 5.86. The number of ether oxygens (including phenoxy) is 1. The molecule has 0 rings (SSSR count). The first-order valence-corrected chi connectivity index (χ1v) is 3.75. The predicted molar refractivity (Wildman–Crippen MR) is 36.6 cm³/mol. The smallest absolute Gasteiger partial charge is 0.391 e. The third kappa shape index (κ3) is 3.11. The molecule has 0 spiro atoms. The predicted octanol–water partition coefficient (Wildman–Crippen LogP) is 3.25. The molecule has 0 saturated heterocycles. The summed E-state index contributed by atoms with van der Waals surface area (Å²) < 4.78 is 87.2. The number of carbonyl (C=O) groups excluding carboxylic acids is 1. The van der Waals surface area contributed by atoms with Crippen molar-refractivity contribution in [3.8, 4) is 0 Å². The molecular weight excluding hydrogens is 249 g/mol. The van der Waals surface area contributed by atoms with E-state index in [1.165, 1.54) is 0 Å². The van der Waals surface area contributed by atoms with E-state index in [2.05, 4.69) is 4.74 Å². The molecule has 0 aromatic heterocycles.